The predicted octanol–water partition coefficient (Wildman–Crippen LogP) is 6.65. The van der Waals surface area contributed by atoms with Gasteiger partial charge in [0, 0.05) is 30.4 Å². The summed E-state index contributed by atoms with van der Waals surface area (Å²) in [5.41, 5.74) is 1.48. The molecule has 2 aromatic rings. The van der Waals surface area contributed by atoms with Crippen LogP contribution in [0.1, 0.15) is 88.4 Å². The number of rotatable bonds is 9. The molecule has 0 radical (unpaired) electrons. The number of carbonyl (C=O) groups excluding carboxylic acids is 1. The highest BCUT2D eigenvalue weighted by molar-refractivity contribution is 8.15. The molecule has 1 atom stereocenters. The summed E-state index contributed by atoms with van der Waals surface area (Å²) >= 11 is 0.851. The number of thioether (sulfide) groups is 1. The molecular formula is C31H43NO8S2. The summed E-state index contributed by atoms with van der Waals surface area (Å²) in [7, 11) is -1.43. The summed E-state index contributed by atoms with van der Waals surface area (Å²) in [4.78, 5) is 15.5. The van der Waals surface area contributed by atoms with Crippen molar-refractivity contribution in [1.82, 2.24) is 4.90 Å². The Morgan fingerprint density at radius 2 is 1.52 bits per heavy atom. The topological polar surface area (TPSA) is 127 Å². The molecular weight excluding hydrogens is 578 g/mol. The van der Waals surface area contributed by atoms with Gasteiger partial charge in [-0.3, -0.25) is 9.35 Å². The maximum Gasteiger partial charge on any atom is 0.296 e. The molecule has 9 nitrogen and oxygen atoms in total. The Kier molecular flexibility index (Phi) is 11.8. The fourth-order valence-electron chi connectivity index (χ4n) is 5.74. The number of hydrogen-bond donors (Lipinski definition) is 2. The second kappa shape index (κ2) is 15.3. The highest BCUT2D eigenvalue weighted by atomic mass is 32.3. The van der Waals surface area contributed by atoms with E-state index in [9.17, 15) is 22.9 Å². The molecule has 2 fully saturated rings. The molecule has 0 bridgehead atoms. The van der Waals surface area contributed by atoms with Crippen LogP contribution < -0.4 is 9.47 Å². The summed E-state index contributed by atoms with van der Waals surface area (Å²) in [5.74, 6) is 1.69. The Morgan fingerprint density at radius 1 is 0.952 bits per heavy atom. The zero-order chi connectivity index (χ0) is 30.1. The van der Waals surface area contributed by atoms with Gasteiger partial charge in [-0.15, -0.1) is 0 Å². The van der Waals surface area contributed by atoms with Gasteiger partial charge in [0.2, 0.25) is 4.71 Å². The Hall–Kier alpha value is -2.47. The van der Waals surface area contributed by atoms with Gasteiger partial charge < -0.3 is 23.9 Å². The maximum atomic E-state index is 13.9. The van der Waals surface area contributed by atoms with Crippen LogP contribution in [-0.4, -0.2) is 60.5 Å². The van der Waals surface area contributed by atoms with Gasteiger partial charge in [-0.05, 0) is 49.4 Å². The van der Waals surface area contributed by atoms with Crippen molar-refractivity contribution in [3.63, 3.8) is 0 Å². The van der Waals surface area contributed by atoms with Crippen LogP contribution in [0.15, 0.2) is 33.6 Å². The van der Waals surface area contributed by atoms with Crippen LogP contribution in [0.4, 0.5) is 0 Å². The maximum absolute atomic E-state index is 13.9. The first-order chi connectivity index (χ1) is 20.2. The first kappa shape index (κ1) is 32.4. The van der Waals surface area contributed by atoms with Gasteiger partial charge in [-0.25, -0.2) is 0 Å². The van der Waals surface area contributed by atoms with Crippen molar-refractivity contribution >= 4 is 33.9 Å². The molecule has 1 aromatic carbocycles. The van der Waals surface area contributed by atoms with Crippen LogP contribution >= 0.6 is 11.8 Å². The fourth-order valence-corrected chi connectivity index (χ4v) is 8.07. The number of nitrogens with zero attached hydrogens (tertiary/aromatic N) is 1. The molecule has 1 unspecified atom stereocenters. The number of hydrogen-bond acceptors (Lipinski definition) is 8. The first-order valence-electron chi connectivity index (χ1n) is 14.9. The largest absolute Gasteiger partial charge is 0.497 e. The second-order valence-electron chi connectivity index (χ2n) is 11.0. The number of aryl methyl sites for hydroxylation is 1. The molecule has 1 saturated heterocycles. The molecule has 11 heteroatoms. The van der Waals surface area contributed by atoms with E-state index in [1.54, 1.807) is 26.4 Å². The Morgan fingerprint density at radius 3 is 2.05 bits per heavy atom. The lowest BCUT2D eigenvalue weighted by Gasteiger charge is -2.31. The number of aliphatic hydroxyl groups excluding tert-OH is 1. The fraction of sp³-hybridized carbons (Fsp3) is 0.581. The number of carbonyl (C=O) groups is 1. The highest BCUT2D eigenvalue weighted by Crippen LogP contribution is 2.43. The van der Waals surface area contributed by atoms with Gasteiger partial charge in [0.1, 0.15) is 23.0 Å². The Balaban J connectivity index is 1.68. The third-order valence-corrected chi connectivity index (χ3v) is 10.7. The molecule has 2 N–H and O–H groups in total. The Labute approximate surface area is 253 Å². The van der Waals surface area contributed by atoms with E-state index in [0.717, 1.165) is 55.9 Å². The molecule has 1 saturated carbocycles. The predicted molar refractivity (Wildman–Crippen MR) is 165 cm³/mol. The second-order valence-corrected chi connectivity index (χ2v) is 13.9. The van der Waals surface area contributed by atoms with E-state index in [1.165, 1.54) is 24.2 Å². The summed E-state index contributed by atoms with van der Waals surface area (Å²) in [6, 6.07) is 6.95. The van der Waals surface area contributed by atoms with Crippen molar-refractivity contribution in [1.29, 1.82) is 0 Å². The minimum absolute atomic E-state index is 0.0164. The van der Waals surface area contributed by atoms with E-state index in [1.807, 2.05) is 18.2 Å². The van der Waals surface area contributed by atoms with E-state index in [4.69, 9.17) is 13.9 Å². The van der Waals surface area contributed by atoms with E-state index < -0.39 is 20.7 Å². The number of benzene rings is 1. The first-order valence-corrected chi connectivity index (χ1v) is 17.3. The van der Waals surface area contributed by atoms with E-state index in [0.29, 0.717) is 54.3 Å². The number of ether oxygens (including phenoxy) is 2. The number of aliphatic hydroxyl groups is 1. The van der Waals surface area contributed by atoms with E-state index in [2.05, 4.69) is 0 Å². The van der Waals surface area contributed by atoms with Gasteiger partial charge in [-0.2, -0.15) is 8.42 Å². The molecule has 2 aliphatic rings. The smallest absolute Gasteiger partial charge is 0.296 e. The van der Waals surface area contributed by atoms with Crippen LogP contribution in [0.3, 0.4) is 0 Å². The molecule has 1 aromatic heterocycles. The van der Waals surface area contributed by atoms with Crippen molar-refractivity contribution in [2.24, 2.45) is 0 Å². The van der Waals surface area contributed by atoms with Crippen LogP contribution in [0.2, 0.25) is 0 Å². The molecule has 42 heavy (non-hydrogen) atoms. The molecule has 1 aliphatic carbocycles. The van der Waals surface area contributed by atoms with Gasteiger partial charge in [0.15, 0.2) is 0 Å². The molecule has 1 amide bonds. The molecule has 2 heterocycles. The van der Waals surface area contributed by atoms with Crippen molar-refractivity contribution in [2.75, 3.05) is 20.8 Å². The Bertz CT molecular complexity index is 1300. The van der Waals surface area contributed by atoms with Crippen LogP contribution in [-0.2, 0) is 21.3 Å². The third-order valence-electron chi connectivity index (χ3n) is 7.97. The molecule has 0 spiro atoms. The summed E-state index contributed by atoms with van der Waals surface area (Å²) in [5, 5.41) is 9.48. The summed E-state index contributed by atoms with van der Waals surface area (Å²) in [6.45, 7) is -0.0164. The molecule has 4 rings (SSSR count). The van der Waals surface area contributed by atoms with Gasteiger partial charge in [-0.1, -0.05) is 69.5 Å². The SMILES string of the molecule is COc1cc(OC)cc(-c2cc(CCCO)c(/C=C3\SC(S(=O)(=O)O)N(C4CCCCCCCCCCC4)C3=O)o2)c1. The quantitative estimate of drug-likeness (QED) is 0.234. The van der Waals surface area contributed by atoms with E-state index in [-0.39, 0.29) is 17.6 Å². The average Bonchev–Trinajstić information content (AvgIpc) is 3.52. The third kappa shape index (κ3) is 8.33. The van der Waals surface area contributed by atoms with Gasteiger partial charge in [0.25, 0.3) is 16.0 Å². The van der Waals surface area contributed by atoms with Crippen molar-refractivity contribution in [3.8, 4) is 22.8 Å². The molecule has 232 valence electrons. The van der Waals surface area contributed by atoms with Gasteiger partial charge in [0.05, 0.1) is 19.1 Å². The molecule has 1 aliphatic heterocycles. The van der Waals surface area contributed by atoms with Gasteiger partial charge >= 0.3 is 0 Å². The van der Waals surface area contributed by atoms with Crippen molar-refractivity contribution in [2.45, 2.75) is 94.2 Å². The van der Waals surface area contributed by atoms with Crippen molar-refractivity contribution in [3.05, 3.63) is 40.5 Å². The normalized spacial score (nSPS) is 20.9. The zero-order valence-electron chi connectivity index (χ0n) is 24.5. The number of methoxy groups -OCH3 is 2. The lowest BCUT2D eigenvalue weighted by molar-refractivity contribution is -0.127. The monoisotopic (exact) mass is 621 g/mol. The minimum atomic E-state index is -4.55. The standard InChI is InChI=1S/C31H43NO8S2/c1-38-25-17-23(18-26(20-25)39-2)27-19-22(13-12-16-33)28(40-27)21-29-30(34)32(31(41-29)42(35,36)37)24-14-10-8-6-4-3-5-7-9-11-15-24/h17-21,24,31,33H,3-16H2,1-2H3,(H,35,36,37)/b29-21-. The van der Waals surface area contributed by atoms with E-state index >= 15 is 0 Å². The van der Waals surface area contributed by atoms with Crippen LogP contribution in [0.5, 0.6) is 11.5 Å². The lowest BCUT2D eigenvalue weighted by atomic mass is 9.97. The summed E-state index contributed by atoms with van der Waals surface area (Å²) in [6.07, 6.45) is 13.8. The van der Waals surface area contributed by atoms with Crippen LogP contribution in [0.25, 0.3) is 17.4 Å². The average molecular weight is 622 g/mol. The van der Waals surface area contributed by atoms with Crippen molar-refractivity contribution < 1.29 is 36.8 Å². The number of amides is 1. The summed E-state index contributed by atoms with van der Waals surface area (Å²) < 4.78 is 51.0. The number of furan rings is 1. The zero-order valence-corrected chi connectivity index (χ0v) is 26.2. The minimum Gasteiger partial charge on any atom is -0.497 e. The lowest BCUT2D eigenvalue weighted by Crippen LogP contribution is -2.44. The van der Waals surface area contributed by atoms with Crippen LogP contribution in [0, 0.1) is 0 Å². The highest BCUT2D eigenvalue weighted by Gasteiger charge is 2.46.